The van der Waals surface area contributed by atoms with Gasteiger partial charge in [-0.2, -0.15) is 0 Å². The third kappa shape index (κ3) is 5.54. The molecule has 1 atom stereocenters. The first-order chi connectivity index (χ1) is 13.8. The van der Waals surface area contributed by atoms with Crippen molar-refractivity contribution in [3.8, 4) is 0 Å². The maximum Gasteiger partial charge on any atom is 0.350 e. The highest BCUT2D eigenvalue weighted by molar-refractivity contribution is 7.99. The summed E-state index contributed by atoms with van der Waals surface area (Å²) in [6.45, 7) is 6.79. The van der Waals surface area contributed by atoms with Crippen molar-refractivity contribution in [1.29, 1.82) is 0 Å². The van der Waals surface area contributed by atoms with Crippen LogP contribution in [0.15, 0.2) is 17.8 Å². The van der Waals surface area contributed by atoms with Gasteiger partial charge in [-0.3, -0.25) is 14.2 Å². The first-order valence-corrected chi connectivity index (χ1v) is 10.0. The molecule has 0 aliphatic heterocycles. The SMILES string of the molecule is C=CCOC(=O)c1sc(NC(=O)C(C)n2c(N)nnc2SCC(=O)OC)nc1C. The molecule has 0 aliphatic rings. The molecule has 0 bridgehead atoms. The molecule has 2 aromatic heterocycles. The number of thiazole rings is 1. The van der Waals surface area contributed by atoms with Gasteiger partial charge in [0.1, 0.15) is 17.5 Å². The highest BCUT2D eigenvalue weighted by Gasteiger charge is 2.25. The fourth-order valence-corrected chi connectivity index (χ4v) is 3.82. The van der Waals surface area contributed by atoms with Crippen LogP contribution in [0.3, 0.4) is 0 Å². The van der Waals surface area contributed by atoms with Gasteiger partial charge < -0.3 is 20.5 Å². The number of rotatable bonds is 9. The van der Waals surface area contributed by atoms with Gasteiger partial charge in [-0.1, -0.05) is 35.8 Å². The first-order valence-electron chi connectivity index (χ1n) is 8.24. The third-order valence-corrected chi connectivity index (χ3v) is 5.52. The van der Waals surface area contributed by atoms with Gasteiger partial charge in [0.05, 0.1) is 18.6 Å². The zero-order chi connectivity index (χ0) is 21.6. The number of aryl methyl sites for hydroxylation is 1. The van der Waals surface area contributed by atoms with Crippen molar-refractivity contribution in [3.05, 3.63) is 23.2 Å². The van der Waals surface area contributed by atoms with E-state index < -0.39 is 23.9 Å². The van der Waals surface area contributed by atoms with Crippen LogP contribution in [0.1, 0.15) is 28.3 Å². The second-order valence-electron chi connectivity index (χ2n) is 5.56. The van der Waals surface area contributed by atoms with E-state index in [9.17, 15) is 14.4 Å². The number of carbonyl (C=O) groups is 3. The molecule has 3 N–H and O–H groups in total. The summed E-state index contributed by atoms with van der Waals surface area (Å²) in [5, 5.41) is 10.8. The van der Waals surface area contributed by atoms with E-state index in [2.05, 4.69) is 31.8 Å². The molecule has 156 valence electrons. The second-order valence-corrected chi connectivity index (χ2v) is 7.50. The van der Waals surface area contributed by atoms with Crippen LogP contribution in [0, 0.1) is 6.92 Å². The van der Waals surface area contributed by atoms with E-state index in [0.29, 0.717) is 10.9 Å². The number of nitrogen functional groups attached to an aromatic ring is 1. The fraction of sp³-hybridized carbons (Fsp3) is 0.375. The Labute approximate surface area is 174 Å². The van der Waals surface area contributed by atoms with Gasteiger partial charge in [-0.25, -0.2) is 9.78 Å². The Morgan fingerprint density at radius 2 is 2.14 bits per heavy atom. The molecule has 13 heteroatoms. The van der Waals surface area contributed by atoms with Crippen molar-refractivity contribution in [2.75, 3.05) is 30.5 Å². The topological polar surface area (TPSA) is 151 Å². The van der Waals surface area contributed by atoms with Crippen molar-refractivity contribution >= 4 is 52.0 Å². The van der Waals surface area contributed by atoms with Gasteiger partial charge in [0.2, 0.25) is 11.9 Å². The maximum absolute atomic E-state index is 12.7. The number of hydrogen-bond acceptors (Lipinski definition) is 11. The number of aromatic nitrogens is 4. The Morgan fingerprint density at radius 1 is 1.41 bits per heavy atom. The Balaban J connectivity index is 2.12. The zero-order valence-corrected chi connectivity index (χ0v) is 17.6. The Morgan fingerprint density at radius 3 is 2.79 bits per heavy atom. The molecule has 29 heavy (non-hydrogen) atoms. The van der Waals surface area contributed by atoms with Crippen LogP contribution in [0.2, 0.25) is 0 Å². The van der Waals surface area contributed by atoms with E-state index in [1.165, 1.54) is 17.8 Å². The molecule has 2 aromatic rings. The summed E-state index contributed by atoms with van der Waals surface area (Å²) in [6.07, 6.45) is 1.46. The monoisotopic (exact) mass is 440 g/mol. The zero-order valence-electron chi connectivity index (χ0n) is 16.0. The van der Waals surface area contributed by atoms with E-state index >= 15 is 0 Å². The lowest BCUT2D eigenvalue weighted by atomic mass is 10.3. The smallest absolute Gasteiger partial charge is 0.350 e. The van der Waals surface area contributed by atoms with Crippen molar-refractivity contribution < 1.29 is 23.9 Å². The van der Waals surface area contributed by atoms with Crippen molar-refractivity contribution in [2.24, 2.45) is 0 Å². The normalized spacial score (nSPS) is 11.6. The summed E-state index contributed by atoms with van der Waals surface area (Å²) in [6, 6.07) is -0.800. The molecule has 2 rings (SSSR count). The number of esters is 2. The predicted octanol–water partition coefficient (Wildman–Crippen LogP) is 1.43. The molecule has 2 heterocycles. The standard InChI is InChI=1S/C16H20N6O5S2/c1-5-6-27-13(25)11-8(2)18-15(29-11)19-12(24)9(3)22-14(17)20-21-16(22)28-7-10(23)26-4/h5,9H,1,6-7H2,2-4H3,(H2,17,20)(H,18,19,24). The number of nitrogens with zero attached hydrogens (tertiary/aromatic N) is 4. The Hall–Kier alpha value is -2.93. The molecule has 0 radical (unpaired) electrons. The fourth-order valence-electron chi connectivity index (χ4n) is 2.10. The number of nitrogens with two attached hydrogens (primary N) is 1. The first kappa shape index (κ1) is 22.4. The van der Waals surface area contributed by atoms with Crippen molar-refractivity contribution in [1.82, 2.24) is 19.7 Å². The summed E-state index contributed by atoms with van der Waals surface area (Å²) >= 11 is 2.04. The molecular weight excluding hydrogens is 420 g/mol. The van der Waals surface area contributed by atoms with E-state index in [0.717, 1.165) is 23.1 Å². The van der Waals surface area contributed by atoms with Gasteiger partial charge in [-0.15, -0.1) is 10.2 Å². The average Bonchev–Trinajstić information content (AvgIpc) is 3.25. The molecular formula is C16H20N6O5S2. The summed E-state index contributed by atoms with van der Waals surface area (Å²) in [7, 11) is 1.27. The van der Waals surface area contributed by atoms with Gasteiger partial charge in [0, 0.05) is 0 Å². The summed E-state index contributed by atoms with van der Waals surface area (Å²) in [5.41, 5.74) is 6.26. The summed E-state index contributed by atoms with van der Waals surface area (Å²) in [5.74, 6) is -1.43. The van der Waals surface area contributed by atoms with Gasteiger partial charge in [0.15, 0.2) is 10.3 Å². The number of carbonyl (C=O) groups excluding carboxylic acids is 3. The number of anilines is 2. The van der Waals surface area contributed by atoms with Crippen LogP contribution >= 0.6 is 23.1 Å². The van der Waals surface area contributed by atoms with Gasteiger partial charge in [-0.05, 0) is 13.8 Å². The molecule has 0 saturated heterocycles. The van der Waals surface area contributed by atoms with Crippen LogP contribution in [0.25, 0.3) is 0 Å². The molecule has 0 spiro atoms. The highest BCUT2D eigenvalue weighted by atomic mass is 32.2. The minimum absolute atomic E-state index is 0.00910. The van der Waals surface area contributed by atoms with E-state index in [-0.39, 0.29) is 28.3 Å². The third-order valence-electron chi connectivity index (χ3n) is 3.55. The number of ether oxygens (including phenoxy) is 2. The predicted molar refractivity (Wildman–Crippen MR) is 108 cm³/mol. The molecule has 0 aliphatic carbocycles. The second kappa shape index (κ2) is 10.0. The molecule has 0 saturated carbocycles. The summed E-state index contributed by atoms with van der Waals surface area (Å²) in [4.78, 5) is 40.5. The molecule has 1 unspecified atom stereocenters. The van der Waals surface area contributed by atoms with Crippen molar-refractivity contribution in [2.45, 2.75) is 25.0 Å². The lowest BCUT2D eigenvalue weighted by Gasteiger charge is -2.15. The number of thioether (sulfide) groups is 1. The van der Waals surface area contributed by atoms with E-state index in [1.807, 2.05) is 0 Å². The Kier molecular flexibility index (Phi) is 7.73. The van der Waals surface area contributed by atoms with E-state index in [4.69, 9.17) is 10.5 Å². The number of nitrogens with one attached hydrogen (secondary N) is 1. The largest absolute Gasteiger partial charge is 0.468 e. The molecule has 0 fully saturated rings. The number of hydrogen-bond donors (Lipinski definition) is 2. The van der Waals surface area contributed by atoms with E-state index in [1.54, 1.807) is 13.8 Å². The van der Waals surface area contributed by atoms with Crippen molar-refractivity contribution in [3.63, 3.8) is 0 Å². The average molecular weight is 441 g/mol. The number of amides is 1. The molecule has 1 amide bonds. The van der Waals surface area contributed by atoms with Crippen LogP contribution in [0.4, 0.5) is 11.1 Å². The number of methoxy groups -OCH3 is 1. The van der Waals surface area contributed by atoms with Crippen LogP contribution in [0.5, 0.6) is 0 Å². The maximum atomic E-state index is 12.7. The lowest BCUT2D eigenvalue weighted by Crippen LogP contribution is -2.25. The minimum Gasteiger partial charge on any atom is -0.468 e. The lowest BCUT2D eigenvalue weighted by molar-refractivity contribution is -0.137. The Bertz CT molecular complexity index is 925. The van der Waals surface area contributed by atoms with Crippen LogP contribution in [-0.4, -0.2) is 57.1 Å². The highest BCUT2D eigenvalue weighted by Crippen LogP contribution is 2.27. The van der Waals surface area contributed by atoms with Gasteiger partial charge >= 0.3 is 11.9 Å². The van der Waals surface area contributed by atoms with Crippen LogP contribution in [-0.2, 0) is 19.1 Å². The molecule has 0 aromatic carbocycles. The molecule has 11 nitrogen and oxygen atoms in total. The quantitative estimate of drug-likeness (QED) is 0.333. The summed E-state index contributed by atoms with van der Waals surface area (Å²) < 4.78 is 11.0. The minimum atomic E-state index is -0.800. The van der Waals surface area contributed by atoms with Gasteiger partial charge in [0.25, 0.3) is 0 Å². The van der Waals surface area contributed by atoms with Crippen LogP contribution < -0.4 is 11.1 Å².